The van der Waals surface area contributed by atoms with Crippen molar-refractivity contribution in [2.75, 3.05) is 18.1 Å². The summed E-state index contributed by atoms with van der Waals surface area (Å²) in [4.78, 5) is 2.16. The Bertz CT molecular complexity index is 401. The molecular formula is C13H19NO2. The van der Waals surface area contributed by atoms with E-state index in [0.717, 1.165) is 5.69 Å². The first-order chi connectivity index (χ1) is 7.48. The summed E-state index contributed by atoms with van der Waals surface area (Å²) in [5.74, 6) is 0.284. The van der Waals surface area contributed by atoms with E-state index < -0.39 is 0 Å². The molecule has 1 atom stereocenters. The van der Waals surface area contributed by atoms with Gasteiger partial charge in [0.15, 0.2) is 0 Å². The summed E-state index contributed by atoms with van der Waals surface area (Å²) in [7, 11) is 0. The Balaban J connectivity index is 2.51. The molecule has 2 N–H and O–H groups in total. The van der Waals surface area contributed by atoms with Crippen LogP contribution >= 0.6 is 0 Å². The van der Waals surface area contributed by atoms with Crippen molar-refractivity contribution >= 4 is 5.69 Å². The maximum absolute atomic E-state index is 9.55. The average molecular weight is 221 g/mol. The van der Waals surface area contributed by atoms with Gasteiger partial charge in [0.05, 0.1) is 6.61 Å². The van der Waals surface area contributed by atoms with Gasteiger partial charge >= 0.3 is 0 Å². The summed E-state index contributed by atoms with van der Waals surface area (Å²) in [6.45, 7) is 7.30. The van der Waals surface area contributed by atoms with Gasteiger partial charge in [0.2, 0.25) is 0 Å². The third-order valence-electron chi connectivity index (χ3n) is 3.84. The number of anilines is 1. The van der Waals surface area contributed by atoms with Crippen molar-refractivity contribution < 1.29 is 10.2 Å². The summed E-state index contributed by atoms with van der Waals surface area (Å²) < 4.78 is 0. The maximum Gasteiger partial charge on any atom is 0.117 e. The van der Waals surface area contributed by atoms with Crippen molar-refractivity contribution in [3.63, 3.8) is 0 Å². The number of phenols is 1. The van der Waals surface area contributed by atoms with Crippen LogP contribution in [0.15, 0.2) is 18.2 Å². The highest BCUT2D eigenvalue weighted by molar-refractivity contribution is 5.65. The fraction of sp³-hybridized carbons (Fsp3) is 0.538. The predicted molar refractivity (Wildman–Crippen MR) is 65.0 cm³/mol. The van der Waals surface area contributed by atoms with E-state index in [0.29, 0.717) is 12.6 Å². The summed E-state index contributed by atoms with van der Waals surface area (Å²) in [6.07, 6.45) is 0. The van der Waals surface area contributed by atoms with Crippen molar-refractivity contribution in [3.05, 3.63) is 23.8 Å². The third kappa shape index (κ3) is 1.47. The molecule has 0 saturated heterocycles. The quantitative estimate of drug-likeness (QED) is 0.801. The number of benzene rings is 1. The second-order valence-corrected chi connectivity index (χ2v) is 5.02. The van der Waals surface area contributed by atoms with Crippen LogP contribution in [0.3, 0.4) is 0 Å². The lowest BCUT2D eigenvalue weighted by Gasteiger charge is -2.31. The van der Waals surface area contributed by atoms with E-state index in [4.69, 9.17) is 5.11 Å². The molecule has 2 rings (SSSR count). The topological polar surface area (TPSA) is 43.7 Å². The minimum Gasteiger partial charge on any atom is -0.508 e. The first kappa shape index (κ1) is 11.3. The number of aromatic hydroxyl groups is 1. The van der Waals surface area contributed by atoms with Gasteiger partial charge in [0.1, 0.15) is 5.75 Å². The van der Waals surface area contributed by atoms with Gasteiger partial charge in [-0.05, 0) is 18.6 Å². The van der Waals surface area contributed by atoms with Gasteiger partial charge < -0.3 is 15.1 Å². The van der Waals surface area contributed by atoms with Crippen LogP contribution in [-0.2, 0) is 5.41 Å². The highest BCUT2D eigenvalue weighted by atomic mass is 16.3. The number of aliphatic hydroxyl groups excluding tert-OH is 1. The van der Waals surface area contributed by atoms with Crippen LogP contribution < -0.4 is 4.90 Å². The molecule has 0 fully saturated rings. The Kier molecular flexibility index (Phi) is 2.58. The SMILES string of the molecule is C[C@H]1N(CCO)c2cc(O)ccc2C1(C)C. The molecule has 1 aromatic carbocycles. The van der Waals surface area contributed by atoms with Gasteiger partial charge in [-0.2, -0.15) is 0 Å². The molecule has 0 saturated carbocycles. The van der Waals surface area contributed by atoms with E-state index in [2.05, 4.69) is 25.7 Å². The Hall–Kier alpha value is -1.22. The van der Waals surface area contributed by atoms with Crippen molar-refractivity contribution in [2.45, 2.75) is 32.2 Å². The van der Waals surface area contributed by atoms with Crippen LogP contribution in [0.25, 0.3) is 0 Å². The number of fused-ring (bicyclic) bond motifs is 1. The van der Waals surface area contributed by atoms with Gasteiger partial charge in [-0.25, -0.2) is 0 Å². The minimum atomic E-state index is 0.0538. The number of aliphatic hydroxyl groups is 1. The lowest BCUT2D eigenvalue weighted by Crippen LogP contribution is -2.40. The average Bonchev–Trinajstić information content (AvgIpc) is 2.40. The molecule has 0 amide bonds. The second kappa shape index (κ2) is 3.67. The number of rotatable bonds is 2. The number of hydrogen-bond acceptors (Lipinski definition) is 3. The Labute approximate surface area is 96.3 Å². The molecular weight excluding hydrogens is 202 g/mol. The first-order valence-electron chi connectivity index (χ1n) is 5.69. The van der Waals surface area contributed by atoms with Gasteiger partial charge in [-0.1, -0.05) is 19.9 Å². The molecule has 88 valence electrons. The fourth-order valence-corrected chi connectivity index (χ4v) is 2.55. The Morgan fingerprint density at radius 2 is 2.06 bits per heavy atom. The van der Waals surface area contributed by atoms with Gasteiger partial charge in [-0.15, -0.1) is 0 Å². The maximum atomic E-state index is 9.55. The van der Waals surface area contributed by atoms with E-state index in [1.165, 1.54) is 5.56 Å². The summed E-state index contributed by atoms with van der Waals surface area (Å²) in [6, 6.07) is 5.83. The van der Waals surface area contributed by atoms with Crippen LogP contribution in [0.4, 0.5) is 5.69 Å². The largest absolute Gasteiger partial charge is 0.508 e. The standard InChI is InChI=1S/C13H19NO2/c1-9-13(2,3)11-5-4-10(16)8-12(11)14(9)6-7-15/h4-5,8-9,15-16H,6-7H2,1-3H3/t9-/m1/s1. The zero-order valence-corrected chi connectivity index (χ0v) is 10.1. The van der Waals surface area contributed by atoms with Crippen molar-refractivity contribution in [1.29, 1.82) is 0 Å². The number of nitrogens with zero attached hydrogens (tertiary/aromatic N) is 1. The fourth-order valence-electron chi connectivity index (χ4n) is 2.55. The molecule has 16 heavy (non-hydrogen) atoms. The molecule has 0 spiro atoms. The van der Waals surface area contributed by atoms with Crippen LogP contribution in [0.5, 0.6) is 5.75 Å². The van der Waals surface area contributed by atoms with Crippen LogP contribution in [0.1, 0.15) is 26.3 Å². The highest BCUT2D eigenvalue weighted by Gasteiger charge is 2.41. The van der Waals surface area contributed by atoms with Gasteiger partial charge in [-0.3, -0.25) is 0 Å². The molecule has 1 heterocycles. The first-order valence-corrected chi connectivity index (χ1v) is 5.69. The van der Waals surface area contributed by atoms with E-state index in [1.807, 2.05) is 6.07 Å². The van der Waals surface area contributed by atoms with Gasteiger partial charge in [0.25, 0.3) is 0 Å². The van der Waals surface area contributed by atoms with Crippen LogP contribution in [0, 0.1) is 0 Å². The van der Waals surface area contributed by atoms with E-state index >= 15 is 0 Å². The van der Waals surface area contributed by atoms with Crippen LogP contribution in [0.2, 0.25) is 0 Å². The molecule has 1 aliphatic heterocycles. The summed E-state index contributed by atoms with van der Waals surface area (Å²) in [5.41, 5.74) is 2.34. The Morgan fingerprint density at radius 1 is 1.38 bits per heavy atom. The zero-order chi connectivity index (χ0) is 11.9. The molecule has 3 heteroatoms. The monoisotopic (exact) mass is 221 g/mol. The minimum absolute atomic E-state index is 0.0538. The highest BCUT2D eigenvalue weighted by Crippen LogP contribution is 2.45. The smallest absolute Gasteiger partial charge is 0.117 e. The lowest BCUT2D eigenvalue weighted by molar-refractivity contribution is 0.293. The summed E-state index contributed by atoms with van der Waals surface area (Å²) >= 11 is 0. The zero-order valence-electron chi connectivity index (χ0n) is 10.1. The predicted octanol–water partition coefficient (Wildman–Crippen LogP) is 1.87. The molecule has 1 aliphatic rings. The second-order valence-electron chi connectivity index (χ2n) is 5.02. The summed E-state index contributed by atoms with van der Waals surface area (Å²) in [5, 5.41) is 18.7. The number of phenolic OH excluding ortho intramolecular Hbond substituents is 1. The molecule has 0 aromatic heterocycles. The third-order valence-corrected chi connectivity index (χ3v) is 3.84. The van der Waals surface area contributed by atoms with Crippen molar-refractivity contribution in [2.24, 2.45) is 0 Å². The molecule has 1 aromatic rings. The molecule has 0 aliphatic carbocycles. The van der Waals surface area contributed by atoms with Gasteiger partial charge in [0, 0.05) is 29.8 Å². The molecule has 0 radical (unpaired) electrons. The van der Waals surface area contributed by atoms with Crippen molar-refractivity contribution in [3.8, 4) is 5.75 Å². The number of hydrogen-bond donors (Lipinski definition) is 2. The lowest BCUT2D eigenvalue weighted by atomic mass is 9.81. The van der Waals surface area contributed by atoms with E-state index in [1.54, 1.807) is 12.1 Å². The van der Waals surface area contributed by atoms with Crippen LogP contribution in [-0.4, -0.2) is 29.4 Å². The Morgan fingerprint density at radius 3 is 2.69 bits per heavy atom. The molecule has 0 unspecified atom stereocenters. The van der Waals surface area contributed by atoms with Crippen molar-refractivity contribution in [1.82, 2.24) is 0 Å². The van der Waals surface area contributed by atoms with E-state index in [9.17, 15) is 5.11 Å². The normalized spacial score (nSPS) is 22.2. The van der Waals surface area contributed by atoms with E-state index in [-0.39, 0.29) is 17.8 Å². The molecule has 0 bridgehead atoms. The number of β-amino-alcohol motifs (C(OH)–C–C–N with tert-alkyl or cyclic N) is 1. The molecule has 3 nitrogen and oxygen atoms in total.